The molecule has 0 spiro atoms. The number of nitrogens with zero attached hydrogens (tertiary/aromatic N) is 1. The third kappa shape index (κ3) is 8.05. The predicted octanol–water partition coefficient (Wildman–Crippen LogP) is 3.59. The summed E-state index contributed by atoms with van der Waals surface area (Å²) >= 11 is 0. The molecule has 0 aliphatic carbocycles. The molecule has 0 aliphatic rings. The molecule has 0 unspecified atom stereocenters. The lowest BCUT2D eigenvalue weighted by Gasteiger charge is -2.08. The van der Waals surface area contributed by atoms with Gasteiger partial charge in [0.15, 0.2) is 6.61 Å². The maximum Gasteiger partial charge on any atom is 0.306 e. The van der Waals surface area contributed by atoms with E-state index in [0.717, 1.165) is 0 Å². The van der Waals surface area contributed by atoms with Crippen LogP contribution < -0.4 is 15.4 Å². The molecular weight excluding hydrogens is 418 g/mol. The number of nitro groups is 1. The third-order valence-corrected chi connectivity index (χ3v) is 4.29. The molecule has 0 saturated carbocycles. The molecular formula is C22H25N3O7. The topological polar surface area (TPSA) is 137 Å². The number of carbonyl (C=O) groups is 3. The van der Waals surface area contributed by atoms with E-state index in [2.05, 4.69) is 10.6 Å². The first-order chi connectivity index (χ1) is 15.3. The summed E-state index contributed by atoms with van der Waals surface area (Å²) in [5.74, 6) is -0.785. The maximum absolute atomic E-state index is 12.0. The molecule has 10 nitrogen and oxygen atoms in total. The van der Waals surface area contributed by atoms with Gasteiger partial charge in [-0.3, -0.25) is 24.5 Å². The third-order valence-electron chi connectivity index (χ3n) is 4.29. The van der Waals surface area contributed by atoms with Crippen LogP contribution in [0, 0.1) is 17.0 Å². The molecule has 2 amide bonds. The molecule has 2 aromatic carbocycles. The standard InChI is InChI=1S/C22H25N3O7/c1-3-31-18-11-9-16(10-12-18)23-20(26)5-4-6-22(28)32-14-21(27)24-17-8-7-15(2)19(13-17)25(29)30/h7-13H,3-6,14H2,1-2H3,(H,23,26)(H,24,27). The smallest absolute Gasteiger partial charge is 0.306 e. The number of amides is 2. The SMILES string of the molecule is CCOc1ccc(NC(=O)CCCC(=O)OCC(=O)Nc2ccc(C)c([N+](=O)[O-])c2)cc1. The number of anilines is 2. The summed E-state index contributed by atoms with van der Waals surface area (Å²) in [5.41, 5.74) is 1.19. The Kier molecular flexibility index (Phi) is 9.15. The minimum absolute atomic E-state index is 0.0278. The minimum atomic E-state index is -0.621. The van der Waals surface area contributed by atoms with E-state index in [4.69, 9.17) is 9.47 Å². The zero-order valence-corrected chi connectivity index (χ0v) is 17.9. The van der Waals surface area contributed by atoms with Crippen molar-refractivity contribution >= 4 is 34.8 Å². The van der Waals surface area contributed by atoms with Crippen LogP contribution in [0.4, 0.5) is 17.1 Å². The highest BCUT2D eigenvalue weighted by Crippen LogP contribution is 2.22. The Balaban J connectivity index is 1.67. The van der Waals surface area contributed by atoms with Crippen molar-refractivity contribution < 1.29 is 28.8 Å². The first-order valence-corrected chi connectivity index (χ1v) is 10.0. The summed E-state index contributed by atoms with van der Waals surface area (Å²) in [4.78, 5) is 46.1. The molecule has 0 saturated heterocycles. The second-order valence-electron chi connectivity index (χ2n) is 6.83. The number of hydrogen-bond acceptors (Lipinski definition) is 7. The Bertz CT molecular complexity index is 974. The van der Waals surface area contributed by atoms with Gasteiger partial charge in [0.25, 0.3) is 11.6 Å². The van der Waals surface area contributed by atoms with E-state index >= 15 is 0 Å². The predicted molar refractivity (Wildman–Crippen MR) is 118 cm³/mol. The van der Waals surface area contributed by atoms with Crippen molar-refractivity contribution in [2.45, 2.75) is 33.1 Å². The molecule has 32 heavy (non-hydrogen) atoms. The van der Waals surface area contributed by atoms with E-state index in [9.17, 15) is 24.5 Å². The highest BCUT2D eigenvalue weighted by atomic mass is 16.6. The first kappa shape index (κ1) is 24.3. The van der Waals surface area contributed by atoms with Gasteiger partial charge in [0.05, 0.1) is 11.5 Å². The van der Waals surface area contributed by atoms with Crippen LogP contribution >= 0.6 is 0 Å². The number of nitrogens with one attached hydrogen (secondary N) is 2. The minimum Gasteiger partial charge on any atom is -0.494 e. The van der Waals surface area contributed by atoms with Gasteiger partial charge in [-0.1, -0.05) is 6.07 Å². The monoisotopic (exact) mass is 443 g/mol. The molecule has 2 N–H and O–H groups in total. The number of aryl methyl sites for hydroxylation is 1. The van der Waals surface area contributed by atoms with E-state index in [-0.39, 0.29) is 36.5 Å². The van der Waals surface area contributed by atoms with E-state index in [1.807, 2.05) is 6.92 Å². The maximum atomic E-state index is 12.0. The van der Waals surface area contributed by atoms with Crippen molar-refractivity contribution in [1.82, 2.24) is 0 Å². The molecule has 0 radical (unpaired) electrons. The average Bonchev–Trinajstić information content (AvgIpc) is 2.75. The molecule has 2 rings (SSSR count). The fourth-order valence-corrected chi connectivity index (χ4v) is 2.72. The Morgan fingerprint density at radius 3 is 2.28 bits per heavy atom. The number of hydrogen-bond donors (Lipinski definition) is 2. The second kappa shape index (κ2) is 12.0. The molecule has 10 heteroatoms. The Morgan fingerprint density at radius 1 is 0.969 bits per heavy atom. The van der Waals surface area contributed by atoms with E-state index in [0.29, 0.717) is 23.6 Å². The van der Waals surface area contributed by atoms with Crippen LogP contribution in [0.2, 0.25) is 0 Å². The van der Waals surface area contributed by atoms with Crippen LogP contribution in [0.1, 0.15) is 31.7 Å². The van der Waals surface area contributed by atoms with Gasteiger partial charge in [0.1, 0.15) is 5.75 Å². The summed E-state index contributed by atoms with van der Waals surface area (Å²) in [6.45, 7) is 3.49. The van der Waals surface area contributed by atoms with Crippen LogP contribution in [-0.2, 0) is 19.1 Å². The molecule has 0 heterocycles. The molecule has 0 aliphatic heterocycles. The van der Waals surface area contributed by atoms with E-state index in [1.54, 1.807) is 31.2 Å². The van der Waals surface area contributed by atoms with Crippen molar-refractivity contribution in [3.05, 3.63) is 58.1 Å². The van der Waals surface area contributed by atoms with Crippen molar-refractivity contribution in [2.24, 2.45) is 0 Å². The number of benzene rings is 2. The van der Waals surface area contributed by atoms with Gasteiger partial charge < -0.3 is 20.1 Å². The Labute approximate surface area is 185 Å². The number of ether oxygens (including phenoxy) is 2. The van der Waals surface area contributed by atoms with Gasteiger partial charge in [-0.15, -0.1) is 0 Å². The molecule has 0 aromatic heterocycles. The van der Waals surface area contributed by atoms with Crippen LogP contribution in [0.25, 0.3) is 0 Å². The number of rotatable bonds is 11. The largest absolute Gasteiger partial charge is 0.494 e. The quantitative estimate of drug-likeness (QED) is 0.307. The van der Waals surface area contributed by atoms with E-state index in [1.165, 1.54) is 18.2 Å². The summed E-state index contributed by atoms with van der Waals surface area (Å²) in [5, 5.41) is 16.1. The number of esters is 1. The number of nitro benzene ring substituents is 1. The zero-order valence-electron chi connectivity index (χ0n) is 17.9. The van der Waals surface area contributed by atoms with Crippen LogP contribution in [0.15, 0.2) is 42.5 Å². The Hall–Kier alpha value is -3.95. The number of carbonyl (C=O) groups excluding carboxylic acids is 3. The normalized spacial score (nSPS) is 10.2. The van der Waals surface area contributed by atoms with Crippen molar-refractivity contribution in [2.75, 3.05) is 23.8 Å². The van der Waals surface area contributed by atoms with Gasteiger partial charge in [0, 0.05) is 35.8 Å². The van der Waals surface area contributed by atoms with Crippen LogP contribution in [-0.4, -0.2) is 35.9 Å². The average molecular weight is 443 g/mol. The van der Waals surface area contributed by atoms with Crippen molar-refractivity contribution in [1.29, 1.82) is 0 Å². The lowest BCUT2D eigenvalue weighted by Crippen LogP contribution is -2.21. The van der Waals surface area contributed by atoms with Gasteiger partial charge in [-0.25, -0.2) is 0 Å². The van der Waals surface area contributed by atoms with Gasteiger partial charge >= 0.3 is 5.97 Å². The summed E-state index contributed by atoms with van der Waals surface area (Å²) in [6.07, 6.45) is 0.342. The molecule has 0 bridgehead atoms. The lowest BCUT2D eigenvalue weighted by atomic mass is 10.2. The van der Waals surface area contributed by atoms with Gasteiger partial charge in [0.2, 0.25) is 5.91 Å². The van der Waals surface area contributed by atoms with Gasteiger partial charge in [-0.2, -0.15) is 0 Å². The van der Waals surface area contributed by atoms with Crippen molar-refractivity contribution in [3.8, 4) is 5.75 Å². The van der Waals surface area contributed by atoms with Crippen LogP contribution in [0.5, 0.6) is 5.75 Å². The molecule has 0 fully saturated rings. The van der Waals surface area contributed by atoms with Gasteiger partial charge in [-0.05, 0) is 50.6 Å². The highest BCUT2D eigenvalue weighted by molar-refractivity contribution is 5.93. The van der Waals surface area contributed by atoms with Crippen molar-refractivity contribution in [3.63, 3.8) is 0 Å². The molecule has 0 atom stereocenters. The molecule has 2 aromatic rings. The summed E-state index contributed by atoms with van der Waals surface area (Å²) in [6, 6.07) is 11.2. The molecule has 170 valence electrons. The highest BCUT2D eigenvalue weighted by Gasteiger charge is 2.14. The fraction of sp³-hybridized carbons (Fsp3) is 0.318. The summed E-state index contributed by atoms with van der Waals surface area (Å²) in [7, 11) is 0. The first-order valence-electron chi connectivity index (χ1n) is 10.0. The van der Waals surface area contributed by atoms with Crippen LogP contribution in [0.3, 0.4) is 0 Å². The Morgan fingerprint density at radius 2 is 1.62 bits per heavy atom. The van der Waals surface area contributed by atoms with E-state index < -0.39 is 23.4 Å². The summed E-state index contributed by atoms with van der Waals surface area (Å²) < 4.78 is 10.2. The zero-order chi connectivity index (χ0) is 23.5. The fourth-order valence-electron chi connectivity index (χ4n) is 2.72. The lowest BCUT2D eigenvalue weighted by molar-refractivity contribution is -0.385. The second-order valence-corrected chi connectivity index (χ2v) is 6.83.